The van der Waals surface area contributed by atoms with Gasteiger partial charge in [0.15, 0.2) is 6.10 Å². The first kappa shape index (κ1) is 20.9. The number of nitrogens with zero attached hydrogens (tertiary/aromatic N) is 1. The van der Waals surface area contributed by atoms with E-state index in [0.717, 1.165) is 21.3 Å². The molecule has 3 aromatic rings. The molecule has 0 saturated heterocycles. The number of nitrogens with one attached hydrogen (secondary N) is 2. The van der Waals surface area contributed by atoms with Gasteiger partial charge in [0.05, 0.1) is 23.0 Å². The molecule has 3 N–H and O–H groups in total. The van der Waals surface area contributed by atoms with E-state index in [2.05, 4.69) is 10.3 Å². The van der Waals surface area contributed by atoms with E-state index in [1.807, 2.05) is 30.3 Å². The van der Waals surface area contributed by atoms with Gasteiger partial charge in [-0.05, 0) is 29.7 Å². The topological polar surface area (TPSA) is 94.7 Å². The first-order valence-electron chi connectivity index (χ1n) is 9.49. The Morgan fingerprint density at radius 1 is 1.40 bits per heavy atom. The summed E-state index contributed by atoms with van der Waals surface area (Å²) in [4.78, 5) is 31.1. The third-order valence-corrected chi connectivity index (χ3v) is 6.60. The highest BCUT2D eigenvalue weighted by Crippen LogP contribution is 2.36. The highest BCUT2D eigenvalue weighted by Gasteiger charge is 2.39. The molecule has 4 rings (SSSR count). The number of halogens is 1. The molecule has 2 heterocycles. The van der Waals surface area contributed by atoms with Crippen molar-refractivity contribution < 1.29 is 19.4 Å². The number of ether oxygens (including phenoxy) is 1. The summed E-state index contributed by atoms with van der Waals surface area (Å²) in [5.74, 6) is -0.705. The van der Waals surface area contributed by atoms with Crippen molar-refractivity contribution in [1.82, 2.24) is 15.2 Å². The lowest BCUT2D eigenvalue weighted by molar-refractivity contribution is -0.144. The fourth-order valence-electron chi connectivity index (χ4n) is 4.04. The smallest absolute Gasteiger partial charge is 0.268 e. The number of likely N-dealkylation sites (N-methyl/N-ethyl adjacent to an activating group) is 1. The molecule has 1 aliphatic carbocycles. The van der Waals surface area contributed by atoms with Gasteiger partial charge in [-0.3, -0.25) is 9.59 Å². The predicted molar refractivity (Wildman–Crippen MR) is 116 cm³/mol. The van der Waals surface area contributed by atoms with Crippen LogP contribution in [-0.4, -0.2) is 59.7 Å². The summed E-state index contributed by atoms with van der Waals surface area (Å²) in [6.07, 6.45) is -0.671. The molecule has 7 nitrogen and oxygen atoms in total. The number of hydrogen-bond acceptors (Lipinski definition) is 5. The van der Waals surface area contributed by atoms with E-state index in [4.69, 9.17) is 16.3 Å². The van der Waals surface area contributed by atoms with Crippen LogP contribution in [0, 0.1) is 0 Å². The largest absolute Gasteiger partial charge is 0.381 e. The van der Waals surface area contributed by atoms with E-state index in [1.165, 1.54) is 23.3 Å². The number of aromatic amines is 1. The number of hydrogen-bond donors (Lipinski definition) is 3. The maximum atomic E-state index is 12.9. The lowest BCUT2D eigenvalue weighted by Gasteiger charge is -2.32. The van der Waals surface area contributed by atoms with Crippen LogP contribution in [0.5, 0.6) is 0 Å². The van der Waals surface area contributed by atoms with Gasteiger partial charge in [-0.15, -0.1) is 11.3 Å². The first-order chi connectivity index (χ1) is 14.4. The van der Waals surface area contributed by atoms with E-state index in [9.17, 15) is 14.7 Å². The van der Waals surface area contributed by atoms with Gasteiger partial charge in [0.25, 0.3) is 11.8 Å². The Bertz CT molecular complexity index is 1060. The minimum Gasteiger partial charge on any atom is -0.381 e. The van der Waals surface area contributed by atoms with Gasteiger partial charge < -0.3 is 25.0 Å². The average Bonchev–Trinajstić information content (AvgIpc) is 3.37. The number of thiophene rings is 1. The molecule has 0 saturated carbocycles. The molecule has 1 aliphatic rings. The van der Waals surface area contributed by atoms with Gasteiger partial charge in [0, 0.05) is 19.5 Å². The zero-order valence-electron chi connectivity index (χ0n) is 16.5. The van der Waals surface area contributed by atoms with Gasteiger partial charge in [-0.1, -0.05) is 35.9 Å². The third kappa shape index (κ3) is 3.83. The number of amides is 2. The summed E-state index contributed by atoms with van der Waals surface area (Å²) < 4.78 is 5.56. The molecule has 3 atom stereocenters. The molecule has 0 bridgehead atoms. The lowest BCUT2D eigenvalue weighted by Crippen LogP contribution is -2.48. The van der Waals surface area contributed by atoms with Gasteiger partial charge in [-0.25, -0.2) is 0 Å². The number of H-pyrrole nitrogens is 1. The summed E-state index contributed by atoms with van der Waals surface area (Å²) in [5.41, 5.74) is 2.46. The van der Waals surface area contributed by atoms with Crippen LogP contribution >= 0.6 is 22.9 Å². The number of fused-ring (bicyclic) bond motifs is 2. The fourth-order valence-corrected chi connectivity index (χ4v) is 5.17. The minimum atomic E-state index is -1.26. The van der Waals surface area contributed by atoms with Crippen molar-refractivity contribution in [3.63, 3.8) is 0 Å². The van der Waals surface area contributed by atoms with Crippen molar-refractivity contribution in [2.45, 2.75) is 24.6 Å². The van der Waals surface area contributed by atoms with E-state index >= 15 is 0 Å². The van der Waals surface area contributed by atoms with Crippen LogP contribution in [0.3, 0.4) is 0 Å². The van der Waals surface area contributed by atoms with E-state index in [1.54, 1.807) is 13.1 Å². The molecule has 0 radical (unpaired) electrons. The van der Waals surface area contributed by atoms with Crippen molar-refractivity contribution in [3.8, 4) is 0 Å². The van der Waals surface area contributed by atoms with Crippen molar-refractivity contribution in [2.75, 3.05) is 20.8 Å². The lowest BCUT2D eigenvalue weighted by atomic mass is 10.0. The van der Waals surface area contributed by atoms with Crippen LogP contribution in [0.1, 0.15) is 27.7 Å². The van der Waals surface area contributed by atoms with Crippen molar-refractivity contribution in [3.05, 3.63) is 57.6 Å². The predicted octanol–water partition coefficient (Wildman–Crippen LogP) is 2.74. The van der Waals surface area contributed by atoms with Crippen LogP contribution in [-0.2, 0) is 16.0 Å². The molecule has 1 aromatic carbocycles. The maximum Gasteiger partial charge on any atom is 0.268 e. The van der Waals surface area contributed by atoms with Crippen molar-refractivity contribution in [2.24, 2.45) is 0 Å². The van der Waals surface area contributed by atoms with Gasteiger partial charge in [-0.2, -0.15) is 0 Å². The molecule has 0 fully saturated rings. The van der Waals surface area contributed by atoms with Crippen molar-refractivity contribution in [1.29, 1.82) is 0 Å². The van der Waals surface area contributed by atoms with Crippen LogP contribution in [0.2, 0.25) is 4.34 Å². The van der Waals surface area contributed by atoms with Crippen LogP contribution in [0.4, 0.5) is 0 Å². The van der Waals surface area contributed by atoms with Crippen molar-refractivity contribution >= 4 is 45.0 Å². The number of benzene rings is 1. The van der Waals surface area contributed by atoms with E-state index in [0.29, 0.717) is 16.5 Å². The zero-order chi connectivity index (χ0) is 21.4. The Labute approximate surface area is 182 Å². The Kier molecular flexibility index (Phi) is 5.84. The average molecular weight is 448 g/mol. The van der Waals surface area contributed by atoms with Crippen LogP contribution < -0.4 is 5.32 Å². The highest BCUT2D eigenvalue weighted by molar-refractivity contribution is 7.22. The highest BCUT2D eigenvalue weighted by atomic mass is 35.5. The van der Waals surface area contributed by atoms with Crippen LogP contribution in [0.15, 0.2) is 36.4 Å². The number of carbonyl (C=O) groups is 2. The van der Waals surface area contributed by atoms with E-state index < -0.39 is 18.1 Å². The normalized spacial score (nSPS) is 18.9. The molecule has 0 spiro atoms. The molecule has 0 aliphatic heterocycles. The molecule has 0 unspecified atom stereocenters. The summed E-state index contributed by atoms with van der Waals surface area (Å²) in [6, 6.07) is 10.6. The van der Waals surface area contributed by atoms with Gasteiger partial charge >= 0.3 is 0 Å². The minimum absolute atomic E-state index is 0.0870. The number of rotatable bonds is 6. The quantitative estimate of drug-likeness (QED) is 0.541. The first-order valence-corrected chi connectivity index (χ1v) is 10.7. The summed E-state index contributed by atoms with van der Waals surface area (Å²) in [7, 11) is 3.07. The summed E-state index contributed by atoms with van der Waals surface area (Å²) in [6.45, 7) is -0.0870. The van der Waals surface area contributed by atoms with Gasteiger partial charge in [0.1, 0.15) is 10.5 Å². The second kappa shape index (κ2) is 8.39. The zero-order valence-corrected chi connectivity index (χ0v) is 18.1. The molecule has 2 aromatic heterocycles. The number of aromatic nitrogens is 1. The molecule has 158 valence electrons. The maximum absolute atomic E-state index is 12.9. The molecule has 9 heteroatoms. The summed E-state index contributed by atoms with van der Waals surface area (Å²) in [5, 5.41) is 14.0. The Balaban J connectivity index is 1.58. The summed E-state index contributed by atoms with van der Waals surface area (Å²) >= 11 is 7.39. The Morgan fingerprint density at radius 2 is 2.17 bits per heavy atom. The molecule has 2 amide bonds. The number of aliphatic hydroxyl groups excluding tert-OH is 1. The monoisotopic (exact) mass is 447 g/mol. The van der Waals surface area contributed by atoms with Crippen LogP contribution in [0.25, 0.3) is 10.2 Å². The Hall–Kier alpha value is -2.39. The molecular weight excluding hydrogens is 426 g/mol. The molecular formula is C21H22ClN3O4S. The molecule has 30 heavy (non-hydrogen) atoms. The standard InChI is InChI=1S/C21H22ClN3O4S/c1-25(21(28)16(26)10-29-2)18-13-6-4-3-5-11(13)7-14(18)23-19(27)15-8-12-9-17(22)30-20(12)24-15/h3-6,8-9,14,16,18,24,26H,7,10H2,1-2H3,(H,23,27)/t14-,16+,18-/m1/s1. The fraction of sp³-hybridized carbons (Fsp3) is 0.333. The third-order valence-electron chi connectivity index (χ3n) is 5.41. The number of methoxy groups -OCH3 is 1. The second-order valence-corrected chi connectivity index (χ2v) is 9.05. The number of carbonyl (C=O) groups excluding carboxylic acids is 2. The Morgan fingerprint density at radius 3 is 2.90 bits per heavy atom. The van der Waals surface area contributed by atoms with E-state index in [-0.39, 0.29) is 18.6 Å². The van der Waals surface area contributed by atoms with Gasteiger partial charge in [0.2, 0.25) is 0 Å². The SMILES string of the molecule is COC[C@H](O)C(=O)N(C)[C@@H]1c2ccccc2C[C@H]1NC(=O)c1cc2cc(Cl)sc2[nH]1. The number of aliphatic hydroxyl groups is 1. The second-order valence-electron chi connectivity index (χ2n) is 7.37.